The van der Waals surface area contributed by atoms with E-state index in [-0.39, 0.29) is 6.29 Å². The third-order valence-electron chi connectivity index (χ3n) is 7.34. The Morgan fingerprint density at radius 2 is 1.50 bits per heavy atom. The molecule has 15 atom stereocenters. The lowest BCUT2D eigenvalue weighted by atomic mass is 9.81. The average molecular weight is 582 g/mol. The molecule has 0 spiro atoms. The number of aliphatic imine (C=N–C) groups is 2. The first-order chi connectivity index (χ1) is 18.7. The number of carbonyl (C=O) groups excluding carboxylic acids is 1. The highest BCUT2D eigenvalue weighted by Crippen LogP contribution is 2.38. The summed E-state index contributed by atoms with van der Waals surface area (Å²) in [6, 6.07) is -4.08. The summed E-state index contributed by atoms with van der Waals surface area (Å²) in [4.78, 5) is 19.7. The van der Waals surface area contributed by atoms with Gasteiger partial charge in [-0.2, -0.15) is 0 Å². The second-order valence-electron chi connectivity index (χ2n) is 9.89. The molecule has 0 aromatic rings. The van der Waals surface area contributed by atoms with Gasteiger partial charge in [0.25, 0.3) is 0 Å². The van der Waals surface area contributed by atoms with Gasteiger partial charge in [-0.15, -0.1) is 0 Å². The Balaban J connectivity index is 1.96. The van der Waals surface area contributed by atoms with Gasteiger partial charge in [0.1, 0.15) is 60.9 Å². The minimum Gasteiger partial charge on any atom is -0.394 e. The molecule has 2 saturated heterocycles. The van der Waals surface area contributed by atoms with Crippen LogP contribution in [0.3, 0.4) is 0 Å². The Kier molecular flexibility index (Phi) is 10.2. The highest BCUT2D eigenvalue weighted by molar-refractivity contribution is 5.76. The van der Waals surface area contributed by atoms with Crippen LogP contribution in [-0.2, 0) is 23.7 Å². The number of aliphatic hydroxyl groups excluding tert-OH is 6. The molecule has 1 saturated carbocycles. The Morgan fingerprint density at radius 1 is 0.900 bits per heavy atom. The van der Waals surface area contributed by atoms with Crippen LogP contribution in [-0.4, -0.2) is 159 Å². The highest BCUT2D eigenvalue weighted by atomic mass is 16.8. The van der Waals surface area contributed by atoms with Crippen molar-refractivity contribution in [3.63, 3.8) is 0 Å². The molecule has 19 heteroatoms. The molecule has 40 heavy (non-hydrogen) atoms. The zero-order chi connectivity index (χ0) is 30.1. The smallest absolute Gasteiger partial charge is 0.188 e. The number of rotatable bonds is 9. The minimum atomic E-state index is -2.38. The van der Waals surface area contributed by atoms with E-state index in [0.717, 1.165) is 0 Å². The van der Waals surface area contributed by atoms with Crippen molar-refractivity contribution < 1.29 is 59.5 Å². The van der Waals surface area contributed by atoms with Crippen molar-refractivity contribution in [2.24, 2.45) is 32.9 Å². The van der Waals surface area contributed by atoms with Gasteiger partial charge in [-0.1, -0.05) is 0 Å². The Hall–Kier alpha value is -2.27. The van der Waals surface area contributed by atoms with Gasteiger partial charge in [0.15, 0.2) is 36.4 Å². The van der Waals surface area contributed by atoms with E-state index in [2.05, 4.69) is 15.3 Å². The van der Waals surface area contributed by atoms with Crippen molar-refractivity contribution >= 4 is 18.2 Å². The zero-order valence-electron chi connectivity index (χ0n) is 21.7. The minimum absolute atomic E-state index is 0.140. The monoisotopic (exact) mass is 581 g/mol. The molecule has 0 unspecified atom stereocenters. The van der Waals surface area contributed by atoms with Crippen molar-refractivity contribution in [2.75, 3.05) is 13.7 Å². The van der Waals surface area contributed by atoms with Crippen LogP contribution in [0.25, 0.3) is 0 Å². The fourth-order valence-electron chi connectivity index (χ4n) is 5.08. The number of likely N-dealkylation sites (N-methyl/N-ethyl adjacent to an activating group) is 1. The summed E-state index contributed by atoms with van der Waals surface area (Å²) in [7, 11) is 1.42. The van der Waals surface area contributed by atoms with Crippen LogP contribution in [0.1, 0.15) is 6.92 Å². The predicted molar refractivity (Wildman–Crippen MR) is 133 cm³/mol. The number of hydrogen-bond donors (Lipinski definition) is 12. The molecule has 0 aromatic heterocycles. The molecule has 0 radical (unpaired) electrons. The van der Waals surface area contributed by atoms with Crippen LogP contribution >= 0.6 is 0 Å². The van der Waals surface area contributed by atoms with Crippen LogP contribution in [0, 0.1) is 0 Å². The summed E-state index contributed by atoms with van der Waals surface area (Å²) in [6.45, 7) is 0.620. The second-order valence-corrected chi connectivity index (χ2v) is 9.89. The largest absolute Gasteiger partial charge is 0.394 e. The van der Waals surface area contributed by atoms with E-state index in [1.165, 1.54) is 14.0 Å². The molecule has 2 aliphatic heterocycles. The summed E-state index contributed by atoms with van der Waals surface area (Å²) < 4.78 is 22.9. The van der Waals surface area contributed by atoms with Gasteiger partial charge in [-0.3, -0.25) is 4.79 Å². The topological polar surface area (TPSA) is 336 Å². The van der Waals surface area contributed by atoms with Gasteiger partial charge >= 0.3 is 0 Å². The maximum atomic E-state index is 12.1. The highest BCUT2D eigenvalue weighted by Gasteiger charge is 2.60. The normalized spacial score (nSPS) is 47.4. The second kappa shape index (κ2) is 12.7. The van der Waals surface area contributed by atoms with E-state index in [1.54, 1.807) is 0 Å². The van der Waals surface area contributed by atoms with E-state index in [1.807, 2.05) is 0 Å². The van der Waals surface area contributed by atoms with Crippen LogP contribution in [0.15, 0.2) is 9.98 Å². The van der Waals surface area contributed by atoms with E-state index < -0.39 is 110 Å². The van der Waals surface area contributed by atoms with Crippen LogP contribution < -0.4 is 28.3 Å². The van der Waals surface area contributed by atoms with Crippen molar-refractivity contribution in [3.05, 3.63) is 0 Å². The zero-order valence-corrected chi connectivity index (χ0v) is 21.7. The quantitative estimate of drug-likeness (QED) is 0.0682. The number of nitrogens with zero attached hydrogens (tertiary/aromatic N) is 2. The molecule has 0 amide bonds. The molecule has 3 fully saturated rings. The molecule has 16 N–H and O–H groups in total. The molecule has 1 aliphatic carbocycles. The average Bonchev–Trinajstić information content (AvgIpc) is 3.13. The summed E-state index contributed by atoms with van der Waals surface area (Å²) in [5.74, 6) is -1.03. The van der Waals surface area contributed by atoms with Gasteiger partial charge in [-0.25, -0.2) is 9.98 Å². The number of carbonyl (C=O) groups is 1. The van der Waals surface area contributed by atoms with Gasteiger partial charge in [0, 0.05) is 0 Å². The van der Waals surface area contributed by atoms with E-state index in [4.69, 9.17) is 41.9 Å². The van der Waals surface area contributed by atoms with E-state index >= 15 is 0 Å². The summed E-state index contributed by atoms with van der Waals surface area (Å²) in [5, 5.41) is 76.6. The molecule has 230 valence electrons. The number of nitrogens with one attached hydrogen (secondary N) is 1. The molecule has 0 bridgehead atoms. The van der Waals surface area contributed by atoms with Crippen molar-refractivity contribution in [2.45, 2.75) is 98.2 Å². The van der Waals surface area contributed by atoms with Gasteiger partial charge in [0.2, 0.25) is 0 Å². The Morgan fingerprint density at radius 3 is 2.02 bits per heavy atom. The lowest BCUT2D eigenvalue weighted by molar-refractivity contribution is -0.314. The molecular weight excluding hydrogens is 542 g/mol. The number of guanidine groups is 2. The summed E-state index contributed by atoms with van der Waals surface area (Å²) >= 11 is 0. The molecule has 0 aromatic carbocycles. The Labute approximate surface area is 228 Å². The number of ether oxygens (including phenoxy) is 4. The van der Waals surface area contributed by atoms with Gasteiger partial charge < -0.3 is 82.9 Å². The molecule has 19 nitrogen and oxygen atoms in total. The maximum Gasteiger partial charge on any atom is 0.188 e. The van der Waals surface area contributed by atoms with Gasteiger partial charge in [0.05, 0.1) is 18.8 Å². The first-order valence-electron chi connectivity index (χ1n) is 12.4. The van der Waals surface area contributed by atoms with Crippen LogP contribution in [0.2, 0.25) is 0 Å². The summed E-state index contributed by atoms with van der Waals surface area (Å²) in [5.41, 5.74) is 19.4. The van der Waals surface area contributed by atoms with E-state index in [0.29, 0.717) is 0 Å². The summed E-state index contributed by atoms with van der Waals surface area (Å²) in [6.07, 6.45) is -17.3. The first kappa shape index (κ1) is 32.2. The SMILES string of the molecule is CN[C@H]1[C@@H](O[C@@H]2[C@H](O[C@H]3[C@@H](O)[C@@H](O)[C@@H](N=C(N)N)[C@@H](O)[C@H]3N=C(N)N)O[C@@H](C)[C@@]2(O)C=O)O[C@@H](CO)[C@@H](O)[C@H]1O. The lowest BCUT2D eigenvalue weighted by Gasteiger charge is -2.45. The predicted octanol–water partition coefficient (Wildman–Crippen LogP) is -8.16. The lowest BCUT2D eigenvalue weighted by Crippen LogP contribution is -2.66. The van der Waals surface area contributed by atoms with Crippen molar-refractivity contribution in [1.82, 2.24) is 5.32 Å². The number of aliphatic hydroxyl groups is 7. The number of hydrogen-bond acceptors (Lipinski definition) is 15. The molecule has 3 rings (SSSR count). The number of nitrogens with two attached hydrogens (primary N) is 4. The molecule has 2 heterocycles. The van der Waals surface area contributed by atoms with Crippen molar-refractivity contribution in [3.8, 4) is 0 Å². The molecular formula is C21H39N7O12. The maximum absolute atomic E-state index is 12.1. The standard InChI is InChI=1S/C21H39N7O12/c1-5-21(36,4-30)16(40-17-9(26-2)13(34)10(31)6(3-29)38-17)18(37-5)39-15-8(28-20(24)25)11(32)7(27-19(22)23)12(33)14(15)35/h4-18,26,29,31-36H,3H2,1-2H3,(H4,22,23,27)(H4,24,25,28)/t5-,6-,7-,8+,9+,10+,11+,12-,13-,14-,15+,16+,17+,18-,21-/m0/s1. The molecule has 3 aliphatic rings. The fourth-order valence-corrected chi connectivity index (χ4v) is 5.08. The third-order valence-corrected chi connectivity index (χ3v) is 7.34. The van der Waals surface area contributed by atoms with Crippen LogP contribution in [0.4, 0.5) is 0 Å². The first-order valence-corrected chi connectivity index (χ1v) is 12.4. The fraction of sp³-hybridized carbons (Fsp3) is 0.857. The number of aldehydes is 1. The van der Waals surface area contributed by atoms with Gasteiger partial charge in [-0.05, 0) is 14.0 Å². The third kappa shape index (κ3) is 6.00. The van der Waals surface area contributed by atoms with E-state index in [9.17, 15) is 40.5 Å². The van der Waals surface area contributed by atoms with Crippen LogP contribution in [0.5, 0.6) is 0 Å². The Bertz CT molecular complexity index is 940. The van der Waals surface area contributed by atoms with Crippen molar-refractivity contribution in [1.29, 1.82) is 0 Å².